The van der Waals surface area contributed by atoms with Gasteiger partial charge in [-0.3, -0.25) is 0 Å². The minimum atomic E-state index is -0.201. The van der Waals surface area contributed by atoms with E-state index < -0.39 is 0 Å². The summed E-state index contributed by atoms with van der Waals surface area (Å²) in [5.41, 5.74) is 2.06. The fourth-order valence-corrected chi connectivity index (χ4v) is 2.33. The van der Waals surface area contributed by atoms with Gasteiger partial charge in [0.25, 0.3) is 0 Å². The number of piperidine rings is 1. The Labute approximate surface area is 119 Å². The van der Waals surface area contributed by atoms with E-state index in [9.17, 15) is 4.79 Å². The van der Waals surface area contributed by atoms with E-state index in [2.05, 4.69) is 6.92 Å². The maximum atomic E-state index is 11.9. The van der Waals surface area contributed by atoms with Crippen LogP contribution in [0.1, 0.15) is 30.9 Å². The van der Waals surface area contributed by atoms with Crippen LogP contribution < -0.4 is 0 Å². The molecule has 1 fully saturated rings. The summed E-state index contributed by atoms with van der Waals surface area (Å²) in [7, 11) is 0. The molecule has 4 heteroatoms. The number of hydrogen-bond acceptors (Lipinski definition) is 2. The second-order valence-corrected chi connectivity index (χ2v) is 5.44. The first kappa shape index (κ1) is 14.2. The zero-order valence-electron chi connectivity index (χ0n) is 11.3. The van der Waals surface area contributed by atoms with Crippen LogP contribution in [0.3, 0.4) is 0 Å². The van der Waals surface area contributed by atoms with E-state index in [-0.39, 0.29) is 6.09 Å². The van der Waals surface area contributed by atoms with Crippen LogP contribution in [-0.4, -0.2) is 24.1 Å². The number of ether oxygens (including phenoxy) is 1. The smallest absolute Gasteiger partial charge is 0.410 e. The third kappa shape index (κ3) is 4.13. The minimum absolute atomic E-state index is 0.201. The Hall–Kier alpha value is -1.22. The standard InChI is InChI=1S/C15H20ClNO2/c1-12-6-8-17(9-7-12)15(18)19-11-14-4-2-13(10-16)3-5-14/h2-5,12H,6-11H2,1H3. The van der Waals surface area contributed by atoms with Gasteiger partial charge in [0, 0.05) is 19.0 Å². The van der Waals surface area contributed by atoms with Crippen LogP contribution in [0.2, 0.25) is 0 Å². The van der Waals surface area contributed by atoms with Crippen molar-refractivity contribution in [3.63, 3.8) is 0 Å². The van der Waals surface area contributed by atoms with Gasteiger partial charge in [-0.2, -0.15) is 0 Å². The second-order valence-electron chi connectivity index (χ2n) is 5.17. The van der Waals surface area contributed by atoms with Crippen molar-refractivity contribution in [3.05, 3.63) is 35.4 Å². The van der Waals surface area contributed by atoms with Gasteiger partial charge in [0.05, 0.1) is 0 Å². The summed E-state index contributed by atoms with van der Waals surface area (Å²) in [5, 5.41) is 0. The monoisotopic (exact) mass is 281 g/mol. The molecule has 1 amide bonds. The maximum Gasteiger partial charge on any atom is 0.410 e. The molecular formula is C15H20ClNO2. The molecule has 1 aliphatic heterocycles. The maximum absolute atomic E-state index is 11.9. The van der Waals surface area contributed by atoms with Crippen molar-refractivity contribution in [1.29, 1.82) is 0 Å². The number of carbonyl (C=O) groups excluding carboxylic acids is 1. The fourth-order valence-electron chi connectivity index (χ4n) is 2.15. The molecule has 0 N–H and O–H groups in total. The van der Waals surface area contributed by atoms with Crippen LogP contribution in [0.4, 0.5) is 4.79 Å². The van der Waals surface area contributed by atoms with Crippen LogP contribution in [0.15, 0.2) is 24.3 Å². The van der Waals surface area contributed by atoms with Crippen molar-refractivity contribution in [2.45, 2.75) is 32.3 Å². The van der Waals surface area contributed by atoms with E-state index in [1.165, 1.54) is 0 Å². The van der Waals surface area contributed by atoms with E-state index in [0.717, 1.165) is 37.1 Å². The predicted molar refractivity (Wildman–Crippen MR) is 76.2 cm³/mol. The molecule has 0 bridgehead atoms. The van der Waals surface area contributed by atoms with E-state index in [1.807, 2.05) is 24.3 Å². The number of alkyl halides is 1. The Morgan fingerprint density at radius 2 is 1.84 bits per heavy atom. The largest absolute Gasteiger partial charge is 0.445 e. The zero-order valence-corrected chi connectivity index (χ0v) is 12.0. The number of likely N-dealkylation sites (tertiary alicyclic amines) is 1. The minimum Gasteiger partial charge on any atom is -0.445 e. The summed E-state index contributed by atoms with van der Waals surface area (Å²) < 4.78 is 5.33. The lowest BCUT2D eigenvalue weighted by Gasteiger charge is -2.29. The van der Waals surface area contributed by atoms with Crippen molar-refractivity contribution in [2.24, 2.45) is 5.92 Å². The molecule has 2 rings (SSSR count). The molecule has 104 valence electrons. The third-order valence-electron chi connectivity index (χ3n) is 3.58. The highest BCUT2D eigenvalue weighted by Gasteiger charge is 2.21. The number of amides is 1. The van der Waals surface area contributed by atoms with E-state index >= 15 is 0 Å². The third-order valence-corrected chi connectivity index (χ3v) is 3.89. The molecule has 1 aromatic rings. The number of rotatable bonds is 3. The van der Waals surface area contributed by atoms with E-state index in [0.29, 0.717) is 18.4 Å². The Morgan fingerprint density at radius 1 is 1.26 bits per heavy atom. The Balaban J connectivity index is 1.79. The predicted octanol–water partition coefficient (Wildman–Crippen LogP) is 3.79. The summed E-state index contributed by atoms with van der Waals surface area (Å²) in [4.78, 5) is 13.7. The van der Waals surface area contributed by atoms with E-state index in [4.69, 9.17) is 16.3 Å². The lowest BCUT2D eigenvalue weighted by atomic mass is 10.00. The van der Waals surface area contributed by atoms with Gasteiger partial charge in [-0.1, -0.05) is 31.2 Å². The van der Waals surface area contributed by atoms with Gasteiger partial charge in [0.2, 0.25) is 0 Å². The number of halogens is 1. The highest BCUT2D eigenvalue weighted by Crippen LogP contribution is 2.17. The zero-order chi connectivity index (χ0) is 13.7. The molecule has 19 heavy (non-hydrogen) atoms. The van der Waals surface area contributed by atoms with Crippen molar-refractivity contribution < 1.29 is 9.53 Å². The molecule has 0 saturated carbocycles. The molecule has 1 saturated heterocycles. The number of nitrogens with zero attached hydrogens (tertiary/aromatic N) is 1. The summed E-state index contributed by atoms with van der Waals surface area (Å²) in [6.45, 7) is 4.17. The van der Waals surface area contributed by atoms with Gasteiger partial charge in [-0.15, -0.1) is 11.6 Å². The first-order valence-electron chi connectivity index (χ1n) is 6.74. The first-order valence-corrected chi connectivity index (χ1v) is 7.28. The molecule has 0 aliphatic carbocycles. The highest BCUT2D eigenvalue weighted by molar-refractivity contribution is 6.17. The topological polar surface area (TPSA) is 29.5 Å². The average molecular weight is 282 g/mol. The fraction of sp³-hybridized carbons (Fsp3) is 0.533. The second kappa shape index (κ2) is 6.80. The lowest BCUT2D eigenvalue weighted by molar-refractivity contribution is 0.0837. The first-order chi connectivity index (χ1) is 9.19. The van der Waals surface area contributed by atoms with Crippen LogP contribution in [0, 0.1) is 5.92 Å². The van der Waals surface area contributed by atoms with Crippen LogP contribution >= 0.6 is 11.6 Å². The molecule has 0 atom stereocenters. The van der Waals surface area contributed by atoms with Gasteiger partial charge in [0.1, 0.15) is 6.61 Å². The van der Waals surface area contributed by atoms with Crippen molar-refractivity contribution in [1.82, 2.24) is 4.90 Å². The summed E-state index contributed by atoms with van der Waals surface area (Å²) in [5.74, 6) is 1.22. The van der Waals surface area contributed by atoms with Crippen LogP contribution in [0.25, 0.3) is 0 Å². The quantitative estimate of drug-likeness (QED) is 0.789. The summed E-state index contributed by atoms with van der Waals surface area (Å²) >= 11 is 5.73. The molecule has 0 aromatic heterocycles. The van der Waals surface area contributed by atoms with Crippen LogP contribution in [-0.2, 0) is 17.2 Å². The van der Waals surface area contributed by atoms with Gasteiger partial charge in [0.15, 0.2) is 0 Å². The summed E-state index contributed by atoms with van der Waals surface area (Å²) in [6, 6.07) is 7.81. The molecule has 3 nitrogen and oxygen atoms in total. The molecule has 1 aliphatic rings. The molecular weight excluding hydrogens is 262 g/mol. The highest BCUT2D eigenvalue weighted by atomic mass is 35.5. The van der Waals surface area contributed by atoms with Gasteiger partial charge >= 0.3 is 6.09 Å². The summed E-state index contributed by atoms with van der Waals surface area (Å²) in [6.07, 6.45) is 1.94. The van der Waals surface area contributed by atoms with Gasteiger partial charge in [-0.05, 0) is 29.9 Å². The van der Waals surface area contributed by atoms with Crippen molar-refractivity contribution in [2.75, 3.05) is 13.1 Å². The van der Waals surface area contributed by atoms with Gasteiger partial charge < -0.3 is 9.64 Å². The lowest BCUT2D eigenvalue weighted by Crippen LogP contribution is -2.38. The number of hydrogen-bond donors (Lipinski definition) is 0. The molecule has 0 radical (unpaired) electrons. The van der Waals surface area contributed by atoms with E-state index in [1.54, 1.807) is 4.90 Å². The SMILES string of the molecule is CC1CCN(C(=O)OCc2ccc(CCl)cc2)CC1. The molecule has 0 spiro atoms. The van der Waals surface area contributed by atoms with Gasteiger partial charge in [-0.25, -0.2) is 4.79 Å². The number of carbonyl (C=O) groups is 1. The molecule has 1 aromatic carbocycles. The molecule has 0 unspecified atom stereocenters. The molecule has 1 heterocycles. The van der Waals surface area contributed by atoms with Crippen molar-refractivity contribution >= 4 is 17.7 Å². The Bertz CT molecular complexity index is 411. The Kier molecular flexibility index (Phi) is 5.08. The number of benzene rings is 1. The Morgan fingerprint density at radius 3 is 2.42 bits per heavy atom. The normalized spacial score (nSPS) is 16.4. The van der Waals surface area contributed by atoms with Crippen LogP contribution in [0.5, 0.6) is 0 Å². The average Bonchev–Trinajstić information content (AvgIpc) is 2.46. The van der Waals surface area contributed by atoms with Crippen molar-refractivity contribution in [3.8, 4) is 0 Å².